The number of rotatable bonds is 7. The summed E-state index contributed by atoms with van der Waals surface area (Å²) in [6.45, 7) is 10.4. The third kappa shape index (κ3) is 5.83. The van der Waals surface area contributed by atoms with Crippen LogP contribution in [0, 0.1) is 13.8 Å². The van der Waals surface area contributed by atoms with E-state index < -0.39 is 0 Å². The third-order valence-electron chi connectivity index (χ3n) is 5.93. The summed E-state index contributed by atoms with van der Waals surface area (Å²) in [5, 5.41) is 0. The summed E-state index contributed by atoms with van der Waals surface area (Å²) in [5.74, 6) is 0.387. The summed E-state index contributed by atoms with van der Waals surface area (Å²) >= 11 is 0. The van der Waals surface area contributed by atoms with E-state index in [9.17, 15) is 4.79 Å². The predicted octanol–water partition coefficient (Wildman–Crippen LogP) is 4.79. The minimum absolute atomic E-state index is 0. The summed E-state index contributed by atoms with van der Waals surface area (Å²) in [6.07, 6.45) is 4.11. The van der Waals surface area contributed by atoms with Crippen LogP contribution in [0.25, 0.3) is 0 Å². The van der Waals surface area contributed by atoms with E-state index in [4.69, 9.17) is 0 Å². The molecule has 0 aromatic heterocycles. The van der Waals surface area contributed by atoms with Crippen molar-refractivity contribution in [2.24, 2.45) is 0 Å². The Morgan fingerprint density at radius 1 is 0.963 bits per heavy atom. The van der Waals surface area contributed by atoms with Gasteiger partial charge in [0.25, 0.3) is 0 Å². The summed E-state index contributed by atoms with van der Waals surface area (Å²) in [7, 11) is 0. The first-order valence-corrected chi connectivity index (χ1v) is 10.0. The van der Waals surface area contributed by atoms with Gasteiger partial charge in [-0.25, -0.2) is 0 Å². The molecule has 1 radical (unpaired) electrons. The average molecular weight is 439 g/mol. The van der Waals surface area contributed by atoms with E-state index in [1.165, 1.54) is 40.7 Å². The van der Waals surface area contributed by atoms with Gasteiger partial charge in [0.2, 0.25) is 0 Å². The Hall–Kier alpha value is -0.826. The second-order valence-corrected chi connectivity index (χ2v) is 8.07. The molecule has 3 rings (SSSR count). The first-order chi connectivity index (χ1) is 12.5. The zero-order chi connectivity index (χ0) is 18.6. The van der Waals surface area contributed by atoms with Crippen LogP contribution in [-0.2, 0) is 56.9 Å². The Labute approximate surface area is 189 Å². The molecule has 0 N–H and O–H groups in total. The summed E-state index contributed by atoms with van der Waals surface area (Å²) in [4.78, 5) is 13.0. The fourth-order valence-electron chi connectivity index (χ4n) is 4.54. The van der Waals surface area contributed by atoms with Gasteiger partial charge >= 0.3 is 0 Å². The van der Waals surface area contributed by atoms with Crippen LogP contribution >= 0.6 is 0 Å². The first kappa shape index (κ1) is 22.5. The Kier molecular flexibility index (Phi) is 8.40. The number of nitrogens with zero attached hydrogens (tertiary/aromatic N) is 1. The summed E-state index contributed by atoms with van der Waals surface area (Å²) < 4.78 is 0.938. The molecule has 0 unspecified atom stereocenters. The fourth-order valence-corrected chi connectivity index (χ4v) is 4.54. The van der Waals surface area contributed by atoms with Crippen molar-refractivity contribution >= 4 is 5.78 Å². The number of aryl methyl sites for hydroxylation is 3. The maximum Gasteiger partial charge on any atom is 0.191 e. The van der Waals surface area contributed by atoms with E-state index in [0.29, 0.717) is 18.7 Å². The molecule has 2 aromatic rings. The third-order valence-corrected chi connectivity index (χ3v) is 5.93. The Morgan fingerprint density at radius 2 is 1.56 bits per heavy atom. The van der Waals surface area contributed by atoms with Crippen LogP contribution in [0.15, 0.2) is 42.5 Å². The number of Topliss-reactive ketones (excluding diaryl/α,β-unsaturated/α-hetero) is 1. The normalized spacial score (nSPS) is 15.4. The molecule has 1 saturated heterocycles. The quantitative estimate of drug-likeness (QED) is 0.568. The second kappa shape index (κ2) is 10.1. The number of quaternary nitrogens is 1. The topological polar surface area (TPSA) is 17.1 Å². The second-order valence-electron chi connectivity index (χ2n) is 8.07. The minimum atomic E-state index is 0. The smallest absolute Gasteiger partial charge is 0.191 e. The zero-order valence-electron chi connectivity index (χ0n) is 17.1. The first-order valence-electron chi connectivity index (χ1n) is 10.0. The fraction of sp³-hybridized carbons (Fsp3) is 0.458. The van der Waals surface area contributed by atoms with Gasteiger partial charge in [-0.15, -0.1) is 0 Å². The Bertz CT molecular complexity index is 740. The van der Waals surface area contributed by atoms with Gasteiger partial charge in [0.05, 0.1) is 13.1 Å². The number of benzene rings is 2. The molecule has 27 heavy (non-hydrogen) atoms. The van der Waals surface area contributed by atoms with Crippen LogP contribution in [0.5, 0.6) is 0 Å². The number of hydrogen-bond donors (Lipinski definition) is 0. The SMILES string of the molecule is CCc1cc(C)c(CC(=O)C[N+]2(Cc3ccccc3)CCCC2)c(C)c1.[Y]. The predicted molar refractivity (Wildman–Crippen MR) is 108 cm³/mol. The van der Waals surface area contributed by atoms with Crippen molar-refractivity contribution < 1.29 is 42.0 Å². The number of hydrogen-bond acceptors (Lipinski definition) is 1. The largest absolute Gasteiger partial charge is 0.314 e. The molecule has 1 fully saturated rings. The van der Waals surface area contributed by atoms with E-state index in [-0.39, 0.29) is 32.7 Å². The number of ketones is 1. The van der Waals surface area contributed by atoms with Crippen molar-refractivity contribution in [2.75, 3.05) is 19.6 Å². The molecule has 0 bridgehead atoms. The van der Waals surface area contributed by atoms with Crippen LogP contribution in [-0.4, -0.2) is 29.9 Å². The average Bonchev–Trinajstić information content (AvgIpc) is 3.06. The molecule has 1 heterocycles. The molecule has 2 nitrogen and oxygen atoms in total. The molecule has 0 atom stereocenters. The van der Waals surface area contributed by atoms with E-state index in [0.717, 1.165) is 30.5 Å². The van der Waals surface area contributed by atoms with E-state index >= 15 is 0 Å². The minimum Gasteiger partial charge on any atom is -0.314 e. The van der Waals surface area contributed by atoms with Crippen molar-refractivity contribution in [3.63, 3.8) is 0 Å². The van der Waals surface area contributed by atoms with Gasteiger partial charge in [0, 0.05) is 57.5 Å². The molecule has 3 heteroatoms. The summed E-state index contributed by atoms with van der Waals surface area (Å²) in [6, 6.07) is 15.2. The van der Waals surface area contributed by atoms with Gasteiger partial charge in [-0.05, 0) is 42.5 Å². The number of carbonyl (C=O) groups excluding carboxylic acids is 1. The van der Waals surface area contributed by atoms with Crippen molar-refractivity contribution in [3.8, 4) is 0 Å². The van der Waals surface area contributed by atoms with Gasteiger partial charge in [0.1, 0.15) is 13.1 Å². The van der Waals surface area contributed by atoms with Gasteiger partial charge in [-0.1, -0.05) is 49.4 Å². The standard InChI is InChI=1S/C24H32NO.Y/c1-4-21-14-19(2)24(20(3)15-21)16-23(26)18-25(12-8-9-13-25)17-22-10-6-5-7-11-22;/h5-7,10-11,14-15H,4,8-9,12-13,16-18H2,1-3H3;/q+1;. The van der Waals surface area contributed by atoms with Crippen LogP contribution in [0.1, 0.15) is 47.6 Å². The molecule has 2 aromatic carbocycles. The molecule has 1 aliphatic rings. The van der Waals surface area contributed by atoms with Gasteiger partial charge in [-0.2, -0.15) is 0 Å². The van der Waals surface area contributed by atoms with Gasteiger partial charge in [-0.3, -0.25) is 4.79 Å². The molecule has 0 amide bonds. The molecular weight excluding hydrogens is 407 g/mol. The van der Waals surface area contributed by atoms with Crippen LogP contribution in [0.2, 0.25) is 0 Å². The van der Waals surface area contributed by atoms with Gasteiger partial charge in [0.15, 0.2) is 5.78 Å². The molecular formula is C24H32NOY+. The maximum absolute atomic E-state index is 13.0. The number of likely N-dealkylation sites (tertiary alicyclic amines) is 1. The Morgan fingerprint density at radius 3 is 2.11 bits per heavy atom. The van der Waals surface area contributed by atoms with Crippen molar-refractivity contribution in [3.05, 3.63) is 70.3 Å². The van der Waals surface area contributed by atoms with E-state index in [1.54, 1.807) is 0 Å². The monoisotopic (exact) mass is 439 g/mol. The van der Waals surface area contributed by atoms with Gasteiger partial charge < -0.3 is 4.48 Å². The molecule has 1 aliphatic heterocycles. The summed E-state index contributed by atoms with van der Waals surface area (Å²) in [5.41, 5.74) is 6.49. The van der Waals surface area contributed by atoms with Crippen molar-refractivity contribution in [2.45, 2.75) is 53.0 Å². The molecule has 0 spiro atoms. The maximum atomic E-state index is 13.0. The van der Waals surface area contributed by atoms with Crippen LogP contribution < -0.4 is 0 Å². The van der Waals surface area contributed by atoms with Crippen LogP contribution in [0.4, 0.5) is 0 Å². The number of carbonyl (C=O) groups is 1. The van der Waals surface area contributed by atoms with E-state index in [1.807, 2.05) is 0 Å². The molecule has 141 valence electrons. The molecule has 0 saturated carbocycles. The Balaban J connectivity index is 0.00000261. The van der Waals surface area contributed by atoms with Crippen molar-refractivity contribution in [1.82, 2.24) is 0 Å². The van der Waals surface area contributed by atoms with Crippen molar-refractivity contribution in [1.29, 1.82) is 0 Å². The molecule has 0 aliphatic carbocycles. The van der Waals surface area contributed by atoms with Crippen LogP contribution in [0.3, 0.4) is 0 Å². The van der Waals surface area contributed by atoms with E-state index in [2.05, 4.69) is 63.2 Å². The zero-order valence-corrected chi connectivity index (χ0v) is 20.0.